The topological polar surface area (TPSA) is 58.3 Å². The summed E-state index contributed by atoms with van der Waals surface area (Å²) in [6.45, 7) is 10.9. The van der Waals surface area contributed by atoms with Gasteiger partial charge in [-0.25, -0.2) is 0 Å². The predicted octanol–water partition coefficient (Wildman–Crippen LogP) is 3.03. The zero-order valence-corrected chi connectivity index (χ0v) is 16.7. The summed E-state index contributed by atoms with van der Waals surface area (Å²) < 4.78 is 2.07. The lowest BCUT2D eigenvalue weighted by Gasteiger charge is -2.25. The van der Waals surface area contributed by atoms with Crippen molar-refractivity contribution in [3.8, 4) is 0 Å². The molecule has 26 heavy (non-hydrogen) atoms. The highest BCUT2D eigenvalue weighted by molar-refractivity contribution is 5.80. The van der Waals surface area contributed by atoms with E-state index in [1.165, 1.54) is 11.1 Å². The molecule has 0 aliphatic carbocycles. The molecule has 2 aromatic rings. The van der Waals surface area contributed by atoms with Crippen molar-refractivity contribution in [2.45, 2.75) is 59.7 Å². The number of rotatable bonds is 8. The molecule has 1 unspecified atom stereocenters. The van der Waals surface area contributed by atoms with E-state index in [4.69, 9.17) is 4.99 Å². The van der Waals surface area contributed by atoms with Gasteiger partial charge in [0.05, 0.1) is 6.54 Å². The Morgan fingerprint density at radius 1 is 1.27 bits per heavy atom. The van der Waals surface area contributed by atoms with Gasteiger partial charge in [0.15, 0.2) is 5.96 Å². The highest BCUT2D eigenvalue weighted by Gasteiger charge is 2.10. The minimum Gasteiger partial charge on any atom is -0.354 e. The van der Waals surface area contributed by atoms with Gasteiger partial charge < -0.3 is 14.8 Å². The molecule has 0 fully saturated rings. The third kappa shape index (κ3) is 5.86. The predicted molar refractivity (Wildman–Crippen MR) is 107 cm³/mol. The number of guanidine groups is 1. The Morgan fingerprint density at radius 2 is 2.00 bits per heavy atom. The number of aromatic nitrogens is 3. The minimum absolute atomic E-state index is 0.385. The molecule has 6 heteroatoms. The number of nitrogens with one attached hydrogen (secondary N) is 1. The van der Waals surface area contributed by atoms with Crippen molar-refractivity contribution in [1.82, 2.24) is 25.0 Å². The van der Waals surface area contributed by atoms with Crippen LogP contribution in [0.15, 0.2) is 35.6 Å². The van der Waals surface area contributed by atoms with Crippen LogP contribution in [0.25, 0.3) is 0 Å². The lowest BCUT2D eigenvalue weighted by Crippen LogP contribution is -2.43. The first kappa shape index (κ1) is 19.9. The number of aryl methyl sites for hydroxylation is 2. The monoisotopic (exact) mass is 356 g/mol. The van der Waals surface area contributed by atoms with Crippen LogP contribution in [0.1, 0.15) is 44.1 Å². The molecule has 1 aromatic heterocycles. The van der Waals surface area contributed by atoms with Crippen LogP contribution in [0.5, 0.6) is 0 Å². The van der Waals surface area contributed by atoms with Gasteiger partial charge in [0, 0.05) is 32.6 Å². The zero-order chi connectivity index (χ0) is 18.9. The van der Waals surface area contributed by atoms with Gasteiger partial charge in [0.1, 0.15) is 12.2 Å². The van der Waals surface area contributed by atoms with Crippen molar-refractivity contribution in [2.75, 3.05) is 13.6 Å². The fourth-order valence-corrected chi connectivity index (χ4v) is 2.64. The molecule has 0 saturated heterocycles. The molecule has 0 spiro atoms. The summed E-state index contributed by atoms with van der Waals surface area (Å²) >= 11 is 0. The molecule has 0 aliphatic heterocycles. The summed E-state index contributed by atoms with van der Waals surface area (Å²) in [5.74, 6) is 1.94. The summed E-state index contributed by atoms with van der Waals surface area (Å²) in [5, 5.41) is 11.7. The number of aliphatic imine (C=N–C) groups is 1. The number of hydrogen-bond acceptors (Lipinski definition) is 3. The third-order valence-corrected chi connectivity index (χ3v) is 4.50. The van der Waals surface area contributed by atoms with E-state index in [1.807, 2.05) is 0 Å². The molecule has 0 bridgehead atoms. The summed E-state index contributed by atoms with van der Waals surface area (Å²) in [7, 11) is 2.09. The molecule has 1 N–H and O–H groups in total. The minimum atomic E-state index is 0.385. The fraction of sp³-hybridized carbons (Fsp3) is 0.550. The van der Waals surface area contributed by atoms with Crippen LogP contribution in [0, 0.1) is 6.92 Å². The van der Waals surface area contributed by atoms with Gasteiger partial charge in [-0.2, -0.15) is 0 Å². The fourth-order valence-electron chi connectivity index (χ4n) is 2.64. The smallest absolute Gasteiger partial charge is 0.194 e. The Hall–Kier alpha value is -2.37. The normalized spacial score (nSPS) is 12.9. The van der Waals surface area contributed by atoms with Crippen LogP contribution >= 0.6 is 0 Å². The average Bonchev–Trinajstić information content (AvgIpc) is 3.10. The van der Waals surface area contributed by atoms with Crippen LogP contribution in [-0.2, 0) is 19.5 Å². The molecule has 6 nitrogen and oxygen atoms in total. The highest BCUT2D eigenvalue weighted by atomic mass is 15.3. The molecule has 1 heterocycles. The lowest BCUT2D eigenvalue weighted by molar-refractivity contribution is 0.458. The molecule has 0 amide bonds. The van der Waals surface area contributed by atoms with Gasteiger partial charge in [-0.3, -0.25) is 4.99 Å². The first-order chi connectivity index (χ1) is 12.5. The van der Waals surface area contributed by atoms with Gasteiger partial charge in [-0.1, -0.05) is 43.7 Å². The van der Waals surface area contributed by atoms with Crippen molar-refractivity contribution in [1.29, 1.82) is 0 Å². The van der Waals surface area contributed by atoms with Gasteiger partial charge in [-0.05, 0) is 25.8 Å². The van der Waals surface area contributed by atoms with E-state index in [9.17, 15) is 0 Å². The average molecular weight is 357 g/mol. The standard InChI is InChI=1S/C20H32N6/c1-6-17(4)23-20(21-12-13-26-15-22-24-19(26)7-2)25(5)14-18-10-8-16(3)9-11-18/h8-11,15,17H,6-7,12-14H2,1-5H3,(H,21,23). The molecular formula is C20H32N6. The van der Waals surface area contributed by atoms with E-state index in [0.29, 0.717) is 12.6 Å². The van der Waals surface area contributed by atoms with E-state index in [1.54, 1.807) is 6.33 Å². The van der Waals surface area contributed by atoms with Gasteiger partial charge >= 0.3 is 0 Å². The molecule has 2 rings (SSSR count). The number of hydrogen-bond donors (Lipinski definition) is 1. The van der Waals surface area contributed by atoms with Crippen molar-refractivity contribution >= 4 is 5.96 Å². The van der Waals surface area contributed by atoms with Crippen LogP contribution in [0.2, 0.25) is 0 Å². The van der Waals surface area contributed by atoms with Crippen molar-refractivity contribution < 1.29 is 0 Å². The summed E-state index contributed by atoms with van der Waals surface area (Å²) in [4.78, 5) is 7.01. The van der Waals surface area contributed by atoms with Gasteiger partial charge in [-0.15, -0.1) is 10.2 Å². The molecule has 0 aliphatic rings. The maximum Gasteiger partial charge on any atom is 0.194 e. The van der Waals surface area contributed by atoms with Crippen molar-refractivity contribution in [2.24, 2.45) is 4.99 Å². The SMILES string of the molecule is CCc1nncn1CCN=C(NC(C)CC)N(C)Cc1ccc(C)cc1. The Bertz CT molecular complexity index is 689. The molecule has 0 radical (unpaired) electrons. The lowest BCUT2D eigenvalue weighted by atomic mass is 10.1. The Labute approximate surface area is 157 Å². The molecular weight excluding hydrogens is 324 g/mol. The van der Waals surface area contributed by atoms with E-state index in [2.05, 4.69) is 84.0 Å². The maximum atomic E-state index is 4.83. The van der Waals surface area contributed by atoms with Crippen molar-refractivity contribution in [3.05, 3.63) is 47.5 Å². The zero-order valence-electron chi connectivity index (χ0n) is 16.7. The summed E-state index contributed by atoms with van der Waals surface area (Å²) in [6, 6.07) is 9.05. The second-order valence-corrected chi connectivity index (χ2v) is 6.79. The van der Waals surface area contributed by atoms with Crippen LogP contribution in [-0.4, -0.2) is 45.3 Å². The van der Waals surface area contributed by atoms with Crippen LogP contribution < -0.4 is 5.32 Å². The van der Waals surface area contributed by atoms with E-state index < -0.39 is 0 Å². The second kappa shape index (κ2) is 9.94. The second-order valence-electron chi connectivity index (χ2n) is 6.79. The third-order valence-electron chi connectivity index (χ3n) is 4.50. The Balaban J connectivity index is 2.04. The van der Waals surface area contributed by atoms with Crippen molar-refractivity contribution in [3.63, 3.8) is 0 Å². The van der Waals surface area contributed by atoms with Gasteiger partial charge in [0.2, 0.25) is 0 Å². The largest absolute Gasteiger partial charge is 0.354 e. The van der Waals surface area contributed by atoms with E-state index in [-0.39, 0.29) is 0 Å². The highest BCUT2D eigenvalue weighted by Crippen LogP contribution is 2.07. The quantitative estimate of drug-likeness (QED) is 0.583. The number of benzene rings is 1. The van der Waals surface area contributed by atoms with Gasteiger partial charge in [0.25, 0.3) is 0 Å². The molecule has 1 atom stereocenters. The molecule has 0 saturated carbocycles. The van der Waals surface area contributed by atoms with Crippen LogP contribution in [0.4, 0.5) is 0 Å². The summed E-state index contributed by atoms with van der Waals surface area (Å²) in [5.41, 5.74) is 2.56. The first-order valence-electron chi connectivity index (χ1n) is 9.47. The van der Waals surface area contributed by atoms with E-state index in [0.717, 1.165) is 37.7 Å². The Morgan fingerprint density at radius 3 is 2.65 bits per heavy atom. The van der Waals surface area contributed by atoms with Crippen LogP contribution in [0.3, 0.4) is 0 Å². The van der Waals surface area contributed by atoms with E-state index >= 15 is 0 Å². The molecule has 142 valence electrons. The molecule has 1 aromatic carbocycles. The summed E-state index contributed by atoms with van der Waals surface area (Å²) in [6.07, 6.45) is 3.73. The number of nitrogens with zero attached hydrogens (tertiary/aromatic N) is 5. The maximum absolute atomic E-state index is 4.83. The Kier molecular flexibility index (Phi) is 7.63. The first-order valence-corrected chi connectivity index (χ1v) is 9.47.